The second-order valence-electron chi connectivity index (χ2n) is 4.05. The second-order valence-corrected chi connectivity index (χ2v) is 5.40. The summed E-state index contributed by atoms with van der Waals surface area (Å²) in [5.41, 5.74) is 2.38. The van der Waals surface area contributed by atoms with Crippen LogP contribution in [0.1, 0.15) is 5.56 Å². The molecule has 3 nitrogen and oxygen atoms in total. The molecule has 0 spiro atoms. The Morgan fingerprint density at radius 1 is 1.11 bits per heavy atom. The van der Waals surface area contributed by atoms with Gasteiger partial charge in [-0.15, -0.1) is 0 Å². The molecule has 0 fully saturated rings. The molecule has 0 saturated heterocycles. The molecule has 0 aliphatic rings. The quantitative estimate of drug-likeness (QED) is 0.789. The van der Waals surface area contributed by atoms with E-state index in [4.69, 9.17) is 11.6 Å². The van der Waals surface area contributed by atoms with Crippen LogP contribution < -0.4 is 10.6 Å². The molecule has 19 heavy (non-hydrogen) atoms. The third kappa shape index (κ3) is 3.98. The average molecular weight is 340 g/mol. The Bertz CT molecular complexity index is 599. The summed E-state index contributed by atoms with van der Waals surface area (Å²) in [6.07, 6.45) is 0. The van der Waals surface area contributed by atoms with Crippen molar-refractivity contribution in [3.8, 4) is 0 Å². The molecule has 0 saturated carbocycles. The van der Waals surface area contributed by atoms with Gasteiger partial charge in [-0.25, -0.2) is 4.79 Å². The molecule has 2 aromatic carbocycles. The van der Waals surface area contributed by atoms with Crippen molar-refractivity contribution in [1.82, 2.24) is 0 Å². The SMILES string of the molecule is Cc1cc(Cl)ccc1NC(=O)Nc1ccc(Br)cc1. The monoisotopic (exact) mass is 338 g/mol. The standard InChI is InChI=1S/C14H12BrClN2O/c1-9-8-11(16)4-7-13(9)18-14(19)17-12-5-2-10(15)3-6-12/h2-8H,1H3,(H2,17,18,19). The van der Waals surface area contributed by atoms with Crippen molar-refractivity contribution < 1.29 is 4.79 Å². The fraction of sp³-hybridized carbons (Fsp3) is 0.0714. The van der Waals surface area contributed by atoms with Crippen LogP contribution in [-0.2, 0) is 0 Å². The lowest BCUT2D eigenvalue weighted by Crippen LogP contribution is -2.19. The van der Waals surface area contributed by atoms with Gasteiger partial charge in [-0.1, -0.05) is 27.5 Å². The van der Waals surface area contributed by atoms with Crippen LogP contribution in [0.2, 0.25) is 5.02 Å². The highest BCUT2D eigenvalue weighted by Gasteiger charge is 2.05. The summed E-state index contributed by atoms with van der Waals surface area (Å²) in [4.78, 5) is 11.8. The third-order valence-corrected chi connectivity index (χ3v) is 3.30. The van der Waals surface area contributed by atoms with Crippen LogP contribution in [0.15, 0.2) is 46.9 Å². The third-order valence-electron chi connectivity index (χ3n) is 2.54. The minimum atomic E-state index is -0.284. The summed E-state index contributed by atoms with van der Waals surface area (Å²) in [6.45, 7) is 1.89. The number of benzene rings is 2. The van der Waals surface area contributed by atoms with Crippen LogP contribution in [0.3, 0.4) is 0 Å². The number of amides is 2. The molecule has 2 rings (SSSR count). The molecule has 0 aliphatic carbocycles. The molecule has 5 heteroatoms. The summed E-state index contributed by atoms with van der Waals surface area (Å²) in [6, 6.07) is 12.4. The highest BCUT2D eigenvalue weighted by atomic mass is 79.9. The van der Waals surface area contributed by atoms with Gasteiger partial charge in [-0.05, 0) is 55.0 Å². The number of hydrogen-bond donors (Lipinski definition) is 2. The smallest absolute Gasteiger partial charge is 0.308 e. The average Bonchev–Trinajstić information content (AvgIpc) is 2.36. The van der Waals surface area contributed by atoms with E-state index in [1.807, 2.05) is 31.2 Å². The Labute approximate surface area is 125 Å². The van der Waals surface area contributed by atoms with E-state index < -0.39 is 0 Å². The van der Waals surface area contributed by atoms with Crippen molar-refractivity contribution in [3.05, 3.63) is 57.5 Å². The molecular formula is C14H12BrClN2O. The number of carbonyl (C=O) groups is 1. The molecule has 0 radical (unpaired) electrons. The van der Waals surface area contributed by atoms with Crippen molar-refractivity contribution in [2.24, 2.45) is 0 Å². The van der Waals surface area contributed by atoms with Gasteiger partial charge in [0.2, 0.25) is 0 Å². The topological polar surface area (TPSA) is 41.1 Å². The first-order chi connectivity index (χ1) is 9.04. The number of hydrogen-bond acceptors (Lipinski definition) is 1. The van der Waals surface area contributed by atoms with Gasteiger partial charge in [0.25, 0.3) is 0 Å². The molecule has 0 aliphatic heterocycles. The summed E-state index contributed by atoms with van der Waals surface area (Å²) in [7, 11) is 0. The molecular weight excluding hydrogens is 328 g/mol. The van der Waals surface area contributed by atoms with Crippen LogP contribution in [0.25, 0.3) is 0 Å². The number of nitrogens with one attached hydrogen (secondary N) is 2. The maximum absolute atomic E-state index is 11.8. The van der Waals surface area contributed by atoms with Crippen molar-refractivity contribution in [2.45, 2.75) is 6.92 Å². The van der Waals surface area contributed by atoms with Crippen molar-refractivity contribution >= 4 is 44.9 Å². The number of urea groups is 1. The highest BCUT2D eigenvalue weighted by Crippen LogP contribution is 2.20. The van der Waals surface area contributed by atoms with E-state index in [2.05, 4.69) is 26.6 Å². The van der Waals surface area contributed by atoms with Gasteiger partial charge in [0.15, 0.2) is 0 Å². The maximum atomic E-state index is 11.8. The molecule has 0 atom stereocenters. The number of anilines is 2. The van der Waals surface area contributed by atoms with Crippen LogP contribution in [-0.4, -0.2) is 6.03 Å². The Hall–Kier alpha value is -1.52. The molecule has 2 aromatic rings. The van der Waals surface area contributed by atoms with Gasteiger partial charge in [-0.2, -0.15) is 0 Å². The van der Waals surface area contributed by atoms with E-state index >= 15 is 0 Å². The first-order valence-corrected chi connectivity index (χ1v) is 6.81. The van der Waals surface area contributed by atoms with Crippen molar-refractivity contribution in [2.75, 3.05) is 10.6 Å². The van der Waals surface area contributed by atoms with Gasteiger partial charge >= 0.3 is 6.03 Å². The van der Waals surface area contributed by atoms with Crippen LogP contribution in [0.5, 0.6) is 0 Å². The first-order valence-electron chi connectivity index (χ1n) is 5.64. The first kappa shape index (κ1) is 13.9. The summed E-state index contributed by atoms with van der Waals surface area (Å²) in [5, 5.41) is 6.19. The largest absolute Gasteiger partial charge is 0.323 e. The van der Waals surface area contributed by atoms with Gasteiger partial charge in [0.1, 0.15) is 0 Å². The maximum Gasteiger partial charge on any atom is 0.323 e. The van der Waals surface area contributed by atoms with E-state index in [1.54, 1.807) is 18.2 Å². The Morgan fingerprint density at radius 3 is 2.42 bits per heavy atom. The van der Waals surface area contributed by atoms with E-state index in [0.717, 1.165) is 21.4 Å². The number of rotatable bonds is 2. The van der Waals surface area contributed by atoms with E-state index in [9.17, 15) is 4.79 Å². The predicted octanol–water partition coefficient (Wildman–Crippen LogP) is 5.05. The minimum absolute atomic E-state index is 0.284. The van der Waals surface area contributed by atoms with Crippen molar-refractivity contribution in [3.63, 3.8) is 0 Å². The Balaban J connectivity index is 2.03. The zero-order chi connectivity index (χ0) is 13.8. The fourth-order valence-corrected chi connectivity index (χ4v) is 2.08. The van der Waals surface area contributed by atoms with E-state index in [1.165, 1.54) is 0 Å². The molecule has 98 valence electrons. The van der Waals surface area contributed by atoms with Crippen LogP contribution >= 0.6 is 27.5 Å². The molecule has 2 amide bonds. The zero-order valence-corrected chi connectivity index (χ0v) is 12.5. The number of halogens is 2. The van der Waals surface area contributed by atoms with E-state index in [0.29, 0.717) is 5.02 Å². The van der Waals surface area contributed by atoms with Gasteiger partial charge in [0.05, 0.1) is 0 Å². The predicted molar refractivity (Wildman–Crippen MR) is 83.0 cm³/mol. The number of carbonyl (C=O) groups excluding carboxylic acids is 1. The van der Waals surface area contributed by atoms with Crippen LogP contribution in [0.4, 0.5) is 16.2 Å². The van der Waals surface area contributed by atoms with Crippen LogP contribution in [0, 0.1) is 6.92 Å². The summed E-state index contributed by atoms with van der Waals surface area (Å²) >= 11 is 9.21. The van der Waals surface area contributed by atoms with Crippen molar-refractivity contribution in [1.29, 1.82) is 0 Å². The highest BCUT2D eigenvalue weighted by molar-refractivity contribution is 9.10. The molecule has 0 bridgehead atoms. The van der Waals surface area contributed by atoms with Gasteiger partial charge < -0.3 is 10.6 Å². The normalized spacial score (nSPS) is 10.1. The minimum Gasteiger partial charge on any atom is -0.308 e. The fourth-order valence-electron chi connectivity index (χ4n) is 1.59. The van der Waals surface area contributed by atoms with Gasteiger partial charge in [-0.3, -0.25) is 0 Å². The molecule has 0 heterocycles. The molecule has 0 aromatic heterocycles. The molecule has 2 N–H and O–H groups in total. The van der Waals surface area contributed by atoms with Gasteiger partial charge in [0, 0.05) is 20.9 Å². The lowest BCUT2D eigenvalue weighted by atomic mass is 10.2. The summed E-state index contributed by atoms with van der Waals surface area (Å²) in [5.74, 6) is 0. The lowest BCUT2D eigenvalue weighted by molar-refractivity contribution is 0.262. The zero-order valence-electron chi connectivity index (χ0n) is 10.2. The second kappa shape index (κ2) is 6.08. The Kier molecular flexibility index (Phi) is 4.45. The Morgan fingerprint density at radius 2 is 1.79 bits per heavy atom. The number of aryl methyl sites for hydroxylation is 1. The summed E-state index contributed by atoms with van der Waals surface area (Å²) < 4.78 is 0.965. The molecule has 0 unspecified atom stereocenters. The lowest BCUT2D eigenvalue weighted by Gasteiger charge is -2.10. The van der Waals surface area contributed by atoms with E-state index in [-0.39, 0.29) is 6.03 Å².